The third-order valence-electron chi connectivity index (χ3n) is 3.05. The van der Waals surface area contributed by atoms with Crippen LogP contribution < -0.4 is 10.1 Å². The largest absolute Gasteiger partial charge is 0.482 e. The average Bonchev–Trinajstić information content (AvgIpc) is 2.54. The molecule has 8 nitrogen and oxygen atoms in total. The maximum absolute atomic E-state index is 12.2. The molecule has 0 bridgehead atoms. The molecule has 2 N–H and O–H groups in total. The molecule has 1 aliphatic heterocycles. The number of carbonyl (C=O) groups excluding carboxylic acids is 3. The molecule has 124 valence electrons. The second-order valence-electron chi connectivity index (χ2n) is 4.77. The van der Waals surface area contributed by atoms with Crippen molar-refractivity contribution >= 4 is 29.9 Å². The Morgan fingerprint density at radius 2 is 1.92 bits per heavy atom. The SMILES string of the molecule is C=CCN1C(=O)NC(=O)/C(=C\c2ccc(OCC(=O)O)cc2)C1=O. The summed E-state index contributed by atoms with van der Waals surface area (Å²) in [6.45, 7) is 2.97. The number of barbiturate groups is 1. The summed E-state index contributed by atoms with van der Waals surface area (Å²) in [4.78, 5) is 47.0. The summed E-state index contributed by atoms with van der Waals surface area (Å²) in [6.07, 6.45) is 2.71. The van der Waals surface area contributed by atoms with E-state index >= 15 is 0 Å². The Bertz CT molecular complexity index is 735. The highest BCUT2D eigenvalue weighted by molar-refractivity contribution is 6.31. The quantitative estimate of drug-likeness (QED) is 0.453. The average molecular weight is 330 g/mol. The lowest BCUT2D eigenvalue weighted by Crippen LogP contribution is -2.54. The Morgan fingerprint density at radius 1 is 1.25 bits per heavy atom. The van der Waals surface area contributed by atoms with Crippen molar-refractivity contribution < 1.29 is 29.0 Å². The van der Waals surface area contributed by atoms with Crippen molar-refractivity contribution in [1.82, 2.24) is 10.2 Å². The number of benzene rings is 1. The molecule has 1 heterocycles. The van der Waals surface area contributed by atoms with Gasteiger partial charge in [-0.15, -0.1) is 6.58 Å². The number of nitrogens with one attached hydrogen (secondary N) is 1. The zero-order chi connectivity index (χ0) is 17.7. The lowest BCUT2D eigenvalue weighted by Gasteiger charge is -2.25. The summed E-state index contributed by atoms with van der Waals surface area (Å²) in [7, 11) is 0. The third kappa shape index (κ3) is 3.86. The summed E-state index contributed by atoms with van der Waals surface area (Å²) in [5.74, 6) is -2.26. The highest BCUT2D eigenvalue weighted by atomic mass is 16.5. The maximum atomic E-state index is 12.2. The van der Waals surface area contributed by atoms with E-state index in [2.05, 4.69) is 11.9 Å². The molecule has 1 fully saturated rings. The van der Waals surface area contributed by atoms with Crippen LogP contribution in [-0.4, -0.2) is 47.0 Å². The van der Waals surface area contributed by atoms with E-state index in [1.807, 2.05) is 0 Å². The van der Waals surface area contributed by atoms with Gasteiger partial charge < -0.3 is 9.84 Å². The first kappa shape index (κ1) is 16.9. The number of amides is 4. The molecule has 4 amide bonds. The molecule has 0 atom stereocenters. The van der Waals surface area contributed by atoms with Crippen molar-refractivity contribution in [2.45, 2.75) is 0 Å². The molecule has 2 rings (SSSR count). The predicted octanol–water partition coefficient (Wildman–Crippen LogP) is 0.798. The van der Waals surface area contributed by atoms with E-state index < -0.39 is 30.4 Å². The number of carboxylic acid groups (broad SMARTS) is 1. The molecule has 1 aliphatic rings. The van der Waals surface area contributed by atoms with Gasteiger partial charge in [-0.05, 0) is 23.8 Å². The van der Waals surface area contributed by atoms with Crippen molar-refractivity contribution in [3.8, 4) is 5.75 Å². The summed E-state index contributed by atoms with van der Waals surface area (Å²) in [6, 6.07) is 5.33. The highest BCUT2D eigenvalue weighted by Crippen LogP contribution is 2.17. The summed E-state index contributed by atoms with van der Waals surface area (Å²) in [5, 5.41) is 10.6. The standard InChI is InChI=1S/C16H14N2O6/c1-2-7-18-15(22)12(14(21)17-16(18)23)8-10-3-5-11(6-4-10)24-9-13(19)20/h2-6,8H,1,7,9H2,(H,19,20)(H,17,21,23)/b12-8+. The van der Waals surface area contributed by atoms with Gasteiger partial charge in [0.25, 0.3) is 11.8 Å². The van der Waals surface area contributed by atoms with Crippen LogP contribution >= 0.6 is 0 Å². The molecule has 0 spiro atoms. The third-order valence-corrected chi connectivity index (χ3v) is 3.05. The molecule has 0 aliphatic carbocycles. The number of urea groups is 1. The van der Waals surface area contributed by atoms with E-state index in [1.54, 1.807) is 12.1 Å². The van der Waals surface area contributed by atoms with Crippen molar-refractivity contribution in [3.05, 3.63) is 48.1 Å². The lowest BCUT2D eigenvalue weighted by molar-refractivity contribution is -0.139. The lowest BCUT2D eigenvalue weighted by atomic mass is 10.1. The fraction of sp³-hybridized carbons (Fsp3) is 0.125. The van der Waals surface area contributed by atoms with Crippen LogP contribution in [-0.2, 0) is 14.4 Å². The normalized spacial score (nSPS) is 16.1. The number of aliphatic carboxylic acids is 1. The van der Waals surface area contributed by atoms with Crippen molar-refractivity contribution in [3.63, 3.8) is 0 Å². The van der Waals surface area contributed by atoms with E-state index in [4.69, 9.17) is 9.84 Å². The number of hydrogen-bond donors (Lipinski definition) is 2. The number of nitrogens with zero attached hydrogens (tertiary/aromatic N) is 1. The minimum atomic E-state index is -1.10. The van der Waals surface area contributed by atoms with Gasteiger partial charge in [0.1, 0.15) is 11.3 Å². The second kappa shape index (κ2) is 7.23. The topological polar surface area (TPSA) is 113 Å². The fourth-order valence-corrected chi connectivity index (χ4v) is 1.96. The summed E-state index contributed by atoms with van der Waals surface area (Å²) in [5.41, 5.74) is 0.333. The van der Waals surface area contributed by atoms with Crippen LogP contribution in [0.1, 0.15) is 5.56 Å². The molecular formula is C16H14N2O6. The van der Waals surface area contributed by atoms with E-state index in [0.717, 1.165) is 4.90 Å². The second-order valence-corrected chi connectivity index (χ2v) is 4.77. The van der Waals surface area contributed by atoms with Crippen LogP contribution in [0.2, 0.25) is 0 Å². The van der Waals surface area contributed by atoms with Gasteiger partial charge in [-0.1, -0.05) is 18.2 Å². The number of rotatable bonds is 6. The number of carboxylic acids is 1. The van der Waals surface area contributed by atoms with Crippen LogP contribution in [0.3, 0.4) is 0 Å². The van der Waals surface area contributed by atoms with Gasteiger partial charge in [0.05, 0.1) is 0 Å². The first-order valence-corrected chi connectivity index (χ1v) is 6.87. The Kier molecular flexibility index (Phi) is 5.10. The molecule has 1 aromatic carbocycles. The zero-order valence-corrected chi connectivity index (χ0v) is 12.5. The van der Waals surface area contributed by atoms with Gasteiger partial charge >= 0.3 is 12.0 Å². The zero-order valence-electron chi connectivity index (χ0n) is 12.5. The molecule has 8 heteroatoms. The molecule has 1 saturated heterocycles. The highest BCUT2D eigenvalue weighted by Gasteiger charge is 2.34. The number of ether oxygens (including phenoxy) is 1. The molecule has 0 unspecified atom stereocenters. The van der Waals surface area contributed by atoms with Crippen LogP contribution in [0.25, 0.3) is 6.08 Å². The van der Waals surface area contributed by atoms with Crippen LogP contribution in [0.4, 0.5) is 4.79 Å². The number of carbonyl (C=O) groups is 4. The maximum Gasteiger partial charge on any atom is 0.341 e. The van der Waals surface area contributed by atoms with Gasteiger partial charge in [-0.25, -0.2) is 9.59 Å². The Balaban J connectivity index is 2.20. The van der Waals surface area contributed by atoms with E-state index in [0.29, 0.717) is 11.3 Å². The molecular weight excluding hydrogens is 316 g/mol. The minimum Gasteiger partial charge on any atom is -0.482 e. The van der Waals surface area contributed by atoms with Crippen LogP contribution in [0.5, 0.6) is 5.75 Å². The van der Waals surface area contributed by atoms with Crippen LogP contribution in [0, 0.1) is 0 Å². The predicted molar refractivity (Wildman–Crippen MR) is 83.0 cm³/mol. The van der Waals surface area contributed by atoms with Gasteiger partial charge in [0, 0.05) is 6.54 Å². The van der Waals surface area contributed by atoms with Crippen molar-refractivity contribution in [2.75, 3.05) is 13.2 Å². The van der Waals surface area contributed by atoms with Gasteiger partial charge in [-0.2, -0.15) is 0 Å². The molecule has 0 radical (unpaired) electrons. The van der Waals surface area contributed by atoms with Gasteiger partial charge in [-0.3, -0.25) is 19.8 Å². The summed E-state index contributed by atoms with van der Waals surface area (Å²) < 4.78 is 4.99. The fourth-order valence-electron chi connectivity index (χ4n) is 1.96. The Hall–Kier alpha value is -3.42. The first-order chi connectivity index (χ1) is 11.4. The monoisotopic (exact) mass is 330 g/mol. The molecule has 0 saturated carbocycles. The Labute approximate surface area is 137 Å². The number of hydrogen-bond acceptors (Lipinski definition) is 5. The van der Waals surface area contributed by atoms with E-state index in [-0.39, 0.29) is 12.1 Å². The Morgan fingerprint density at radius 3 is 2.50 bits per heavy atom. The minimum absolute atomic E-state index is 0.0166. The first-order valence-electron chi connectivity index (χ1n) is 6.87. The van der Waals surface area contributed by atoms with Crippen molar-refractivity contribution in [2.24, 2.45) is 0 Å². The van der Waals surface area contributed by atoms with E-state index in [9.17, 15) is 19.2 Å². The van der Waals surface area contributed by atoms with Gasteiger partial charge in [0.15, 0.2) is 6.61 Å². The number of imide groups is 2. The van der Waals surface area contributed by atoms with Crippen molar-refractivity contribution in [1.29, 1.82) is 0 Å². The molecule has 1 aromatic rings. The van der Waals surface area contributed by atoms with Crippen LogP contribution in [0.15, 0.2) is 42.5 Å². The molecule has 0 aromatic heterocycles. The summed E-state index contributed by atoms with van der Waals surface area (Å²) >= 11 is 0. The van der Waals surface area contributed by atoms with E-state index in [1.165, 1.54) is 24.3 Å². The smallest absolute Gasteiger partial charge is 0.341 e. The van der Waals surface area contributed by atoms with Gasteiger partial charge in [0.2, 0.25) is 0 Å². The molecule has 24 heavy (non-hydrogen) atoms.